The Morgan fingerprint density at radius 3 is 2.32 bits per heavy atom. The summed E-state index contributed by atoms with van der Waals surface area (Å²) < 4.78 is 23.8. The van der Waals surface area contributed by atoms with E-state index in [4.69, 9.17) is 0 Å². The molecule has 0 aliphatic carbocycles. The van der Waals surface area contributed by atoms with Gasteiger partial charge in [-0.1, -0.05) is 0 Å². The van der Waals surface area contributed by atoms with Gasteiger partial charge in [0.05, 0.1) is 10.6 Å². The number of piperazine rings is 1. The highest BCUT2D eigenvalue weighted by molar-refractivity contribution is 7.90. The molecule has 1 heterocycles. The zero-order chi connectivity index (χ0) is 14.0. The van der Waals surface area contributed by atoms with E-state index < -0.39 is 9.84 Å². The monoisotopic (exact) mass is 282 g/mol. The number of nitrogens with zero attached hydrogens (tertiary/aromatic N) is 2. The number of rotatable bonds is 3. The number of anilines is 1. The molecule has 6 heteroatoms. The summed E-state index contributed by atoms with van der Waals surface area (Å²) in [7, 11) is -1.30. The van der Waals surface area contributed by atoms with Crippen LogP contribution in [0.5, 0.6) is 0 Å². The summed E-state index contributed by atoms with van der Waals surface area (Å²) in [6, 6.07) is 4.84. The van der Waals surface area contributed by atoms with Crippen molar-refractivity contribution in [1.82, 2.24) is 4.90 Å². The molecule has 2 rings (SSSR count). The molecule has 0 bridgehead atoms. The van der Waals surface area contributed by atoms with E-state index in [1.807, 2.05) is 7.05 Å². The Hall–Kier alpha value is -1.40. The smallest absolute Gasteiger partial charge is 0.177 e. The van der Waals surface area contributed by atoms with Gasteiger partial charge in [0, 0.05) is 38.0 Å². The quantitative estimate of drug-likeness (QED) is 0.762. The summed E-state index contributed by atoms with van der Waals surface area (Å²) in [5, 5.41) is 0. The molecule has 0 aromatic heterocycles. The van der Waals surface area contributed by atoms with Crippen LogP contribution in [0, 0.1) is 0 Å². The number of aldehydes is 1. The van der Waals surface area contributed by atoms with Gasteiger partial charge in [0.25, 0.3) is 0 Å². The Bertz CT molecular complexity index is 576. The van der Waals surface area contributed by atoms with Gasteiger partial charge in [0.15, 0.2) is 9.84 Å². The molecule has 0 radical (unpaired) electrons. The summed E-state index contributed by atoms with van der Waals surface area (Å²) in [5.74, 6) is 0. The number of hydrogen-bond acceptors (Lipinski definition) is 5. The Labute approximate surface area is 113 Å². The van der Waals surface area contributed by atoms with Crippen molar-refractivity contribution in [3.63, 3.8) is 0 Å². The summed E-state index contributed by atoms with van der Waals surface area (Å²) >= 11 is 0. The van der Waals surface area contributed by atoms with Crippen LogP contribution in [-0.2, 0) is 9.84 Å². The predicted octanol–water partition coefficient (Wildman–Crippen LogP) is 0.654. The number of likely N-dealkylation sites (N-methyl/N-ethyl adjacent to an activating group) is 1. The molecule has 104 valence electrons. The van der Waals surface area contributed by atoms with E-state index in [9.17, 15) is 13.2 Å². The first-order valence-corrected chi connectivity index (χ1v) is 8.04. The molecule has 0 atom stereocenters. The molecule has 1 aromatic rings. The fourth-order valence-electron chi connectivity index (χ4n) is 2.21. The minimum Gasteiger partial charge on any atom is -0.368 e. The zero-order valence-electron chi connectivity index (χ0n) is 11.2. The molecule has 5 nitrogen and oxygen atoms in total. The third-order valence-electron chi connectivity index (χ3n) is 3.36. The first-order valence-electron chi connectivity index (χ1n) is 6.14. The molecular formula is C13H18N2O3S. The van der Waals surface area contributed by atoms with Crippen LogP contribution >= 0.6 is 0 Å². The van der Waals surface area contributed by atoms with Gasteiger partial charge in [0.1, 0.15) is 6.29 Å². The molecule has 0 unspecified atom stereocenters. The maximum Gasteiger partial charge on any atom is 0.177 e. The third-order valence-corrected chi connectivity index (χ3v) is 4.49. The van der Waals surface area contributed by atoms with Crippen LogP contribution in [-0.4, -0.2) is 59.1 Å². The second-order valence-corrected chi connectivity index (χ2v) is 6.89. The Balaban J connectivity index is 2.42. The van der Waals surface area contributed by atoms with Gasteiger partial charge in [-0.05, 0) is 25.2 Å². The van der Waals surface area contributed by atoms with E-state index in [1.165, 1.54) is 12.3 Å². The fourth-order valence-corrected chi connectivity index (χ4v) is 3.14. The van der Waals surface area contributed by atoms with Crippen molar-refractivity contribution in [2.24, 2.45) is 0 Å². The van der Waals surface area contributed by atoms with Gasteiger partial charge in [-0.3, -0.25) is 4.79 Å². The topological polar surface area (TPSA) is 57.7 Å². The summed E-state index contributed by atoms with van der Waals surface area (Å²) in [4.78, 5) is 15.3. The van der Waals surface area contributed by atoms with E-state index in [0.717, 1.165) is 26.2 Å². The van der Waals surface area contributed by atoms with Gasteiger partial charge >= 0.3 is 0 Å². The number of hydrogen-bond donors (Lipinski definition) is 0. The fraction of sp³-hybridized carbons (Fsp3) is 0.462. The minimum absolute atomic E-state index is 0.238. The van der Waals surface area contributed by atoms with Crippen LogP contribution in [0.4, 0.5) is 5.69 Å². The summed E-state index contributed by atoms with van der Waals surface area (Å²) in [5.41, 5.74) is 1.08. The van der Waals surface area contributed by atoms with Crippen molar-refractivity contribution >= 4 is 21.8 Å². The average molecular weight is 282 g/mol. The highest BCUT2D eigenvalue weighted by Gasteiger charge is 2.21. The molecule has 1 aliphatic heterocycles. The first-order chi connectivity index (χ1) is 8.91. The zero-order valence-corrected chi connectivity index (χ0v) is 12.0. The van der Waals surface area contributed by atoms with Crippen molar-refractivity contribution in [3.8, 4) is 0 Å². The largest absolute Gasteiger partial charge is 0.368 e. The van der Waals surface area contributed by atoms with Crippen molar-refractivity contribution in [2.75, 3.05) is 44.4 Å². The van der Waals surface area contributed by atoms with E-state index in [1.54, 1.807) is 12.1 Å². The lowest BCUT2D eigenvalue weighted by molar-refractivity contribution is 0.112. The summed E-state index contributed by atoms with van der Waals surface area (Å²) in [6.07, 6.45) is 1.85. The second-order valence-electron chi connectivity index (χ2n) is 4.91. The van der Waals surface area contributed by atoms with Crippen molar-refractivity contribution in [1.29, 1.82) is 0 Å². The predicted molar refractivity (Wildman–Crippen MR) is 74.6 cm³/mol. The normalized spacial score (nSPS) is 17.5. The average Bonchev–Trinajstić information content (AvgIpc) is 2.38. The Kier molecular flexibility index (Phi) is 3.91. The number of benzene rings is 1. The van der Waals surface area contributed by atoms with Gasteiger partial charge in [-0.2, -0.15) is 0 Å². The lowest BCUT2D eigenvalue weighted by Crippen LogP contribution is -2.44. The highest BCUT2D eigenvalue weighted by Crippen LogP contribution is 2.27. The van der Waals surface area contributed by atoms with Crippen LogP contribution in [0.1, 0.15) is 10.4 Å². The Morgan fingerprint density at radius 1 is 1.16 bits per heavy atom. The van der Waals surface area contributed by atoms with Crippen LogP contribution < -0.4 is 4.90 Å². The molecule has 1 saturated heterocycles. The number of sulfone groups is 1. The van der Waals surface area contributed by atoms with Crippen molar-refractivity contribution < 1.29 is 13.2 Å². The van der Waals surface area contributed by atoms with E-state index in [-0.39, 0.29) is 4.90 Å². The van der Waals surface area contributed by atoms with Crippen LogP contribution in [0.2, 0.25) is 0 Å². The number of carbonyl (C=O) groups excluding carboxylic acids is 1. The van der Waals surface area contributed by atoms with Crippen molar-refractivity contribution in [3.05, 3.63) is 23.8 Å². The van der Waals surface area contributed by atoms with Crippen LogP contribution in [0.25, 0.3) is 0 Å². The van der Waals surface area contributed by atoms with E-state index >= 15 is 0 Å². The standard InChI is InChI=1S/C13H18N2O3S/c1-14-5-7-15(8-6-14)12-4-3-11(10-16)9-13(12)19(2,17)18/h3-4,9-10H,5-8H2,1-2H3. The van der Waals surface area contributed by atoms with Crippen molar-refractivity contribution in [2.45, 2.75) is 4.90 Å². The van der Waals surface area contributed by atoms with E-state index in [2.05, 4.69) is 9.80 Å². The molecule has 0 N–H and O–H groups in total. The Morgan fingerprint density at radius 2 is 1.79 bits per heavy atom. The SMILES string of the molecule is CN1CCN(c2ccc(C=O)cc2S(C)(=O)=O)CC1. The van der Waals surface area contributed by atoms with Gasteiger partial charge < -0.3 is 9.80 Å². The van der Waals surface area contributed by atoms with Gasteiger partial charge in [0.2, 0.25) is 0 Å². The molecule has 0 amide bonds. The molecule has 0 saturated carbocycles. The molecular weight excluding hydrogens is 264 g/mol. The molecule has 0 spiro atoms. The van der Waals surface area contributed by atoms with Gasteiger partial charge in [-0.15, -0.1) is 0 Å². The number of carbonyl (C=O) groups is 1. The lowest BCUT2D eigenvalue weighted by atomic mass is 10.2. The third kappa shape index (κ3) is 3.13. The molecule has 19 heavy (non-hydrogen) atoms. The van der Waals surface area contributed by atoms with Crippen LogP contribution in [0.15, 0.2) is 23.1 Å². The lowest BCUT2D eigenvalue weighted by Gasteiger charge is -2.35. The second kappa shape index (κ2) is 5.30. The highest BCUT2D eigenvalue weighted by atomic mass is 32.2. The molecule has 1 aromatic carbocycles. The minimum atomic E-state index is -3.34. The molecule has 1 fully saturated rings. The maximum atomic E-state index is 11.9. The molecule has 1 aliphatic rings. The van der Waals surface area contributed by atoms with E-state index in [0.29, 0.717) is 17.5 Å². The van der Waals surface area contributed by atoms with Crippen LogP contribution in [0.3, 0.4) is 0 Å². The van der Waals surface area contributed by atoms with Gasteiger partial charge in [-0.25, -0.2) is 8.42 Å². The maximum absolute atomic E-state index is 11.9. The summed E-state index contributed by atoms with van der Waals surface area (Å²) in [6.45, 7) is 3.39. The first kappa shape index (κ1) is 14.0.